The minimum Gasteiger partial charge on any atom is -0.387 e. The van der Waals surface area contributed by atoms with E-state index in [2.05, 4.69) is 17.0 Å². The maximum absolute atomic E-state index is 10.2. The maximum Gasteiger partial charge on any atom is 0.0928 e. The zero-order valence-electron chi connectivity index (χ0n) is 9.19. The van der Waals surface area contributed by atoms with Crippen molar-refractivity contribution in [3.63, 3.8) is 0 Å². The molecule has 2 nitrogen and oxygen atoms in total. The van der Waals surface area contributed by atoms with E-state index < -0.39 is 0 Å². The summed E-state index contributed by atoms with van der Waals surface area (Å²) in [4.78, 5) is 2.29. The normalized spacial score (nSPS) is 24.1. The van der Waals surface area contributed by atoms with Gasteiger partial charge >= 0.3 is 0 Å². The third-order valence-corrected chi connectivity index (χ3v) is 3.90. The third-order valence-electron chi connectivity index (χ3n) is 3.65. The van der Waals surface area contributed by atoms with Crippen molar-refractivity contribution < 1.29 is 5.11 Å². The number of halogens is 1. The highest BCUT2D eigenvalue weighted by molar-refractivity contribution is 6.30. The highest BCUT2D eigenvalue weighted by Gasteiger charge is 2.51. The lowest BCUT2D eigenvalue weighted by molar-refractivity contribution is -0.116. The minimum absolute atomic E-state index is 0.369. The van der Waals surface area contributed by atoms with E-state index in [1.807, 2.05) is 12.1 Å². The molecule has 3 heteroatoms. The summed E-state index contributed by atoms with van der Waals surface area (Å²) >= 11 is 5.84. The maximum atomic E-state index is 10.2. The Morgan fingerprint density at radius 1 is 1.25 bits per heavy atom. The van der Waals surface area contributed by atoms with Crippen molar-refractivity contribution in [2.24, 2.45) is 5.92 Å². The van der Waals surface area contributed by atoms with Crippen LogP contribution in [0.1, 0.15) is 18.4 Å². The molecule has 2 aliphatic rings. The first kappa shape index (κ1) is 10.6. The Morgan fingerprint density at radius 2 is 1.88 bits per heavy atom. The molecule has 16 heavy (non-hydrogen) atoms. The smallest absolute Gasteiger partial charge is 0.0928 e. The van der Waals surface area contributed by atoms with E-state index in [0.717, 1.165) is 24.7 Å². The summed E-state index contributed by atoms with van der Waals surface area (Å²) < 4.78 is 0. The number of benzene rings is 1. The Balaban J connectivity index is 1.55. The molecule has 1 saturated carbocycles. The predicted octanol–water partition coefficient (Wildman–Crippen LogP) is 2.30. The fourth-order valence-electron chi connectivity index (χ4n) is 2.57. The molecule has 0 unspecified atom stereocenters. The molecule has 2 fully saturated rings. The second-order valence-electron chi connectivity index (χ2n) is 5.15. The second kappa shape index (κ2) is 3.73. The van der Waals surface area contributed by atoms with Crippen molar-refractivity contribution in [3.8, 4) is 0 Å². The van der Waals surface area contributed by atoms with E-state index in [0.29, 0.717) is 5.92 Å². The lowest BCUT2D eigenvalue weighted by atomic mass is 9.88. The molecule has 0 amide bonds. The van der Waals surface area contributed by atoms with Crippen molar-refractivity contribution in [2.45, 2.75) is 25.0 Å². The van der Waals surface area contributed by atoms with Crippen LogP contribution in [0.5, 0.6) is 0 Å². The molecule has 1 aromatic carbocycles. The first-order valence-electron chi connectivity index (χ1n) is 5.85. The summed E-state index contributed by atoms with van der Waals surface area (Å²) in [6.45, 7) is 2.59. The van der Waals surface area contributed by atoms with E-state index >= 15 is 0 Å². The fraction of sp³-hybridized carbons (Fsp3) is 0.538. The molecule has 1 aromatic rings. The van der Waals surface area contributed by atoms with Gasteiger partial charge in [0, 0.05) is 24.7 Å². The van der Waals surface area contributed by atoms with Gasteiger partial charge in [-0.25, -0.2) is 0 Å². The Labute approximate surface area is 101 Å². The van der Waals surface area contributed by atoms with Crippen LogP contribution in [-0.2, 0) is 6.54 Å². The van der Waals surface area contributed by atoms with Crippen LogP contribution in [0.4, 0.5) is 0 Å². The topological polar surface area (TPSA) is 23.5 Å². The van der Waals surface area contributed by atoms with Crippen molar-refractivity contribution in [1.82, 2.24) is 4.90 Å². The molecule has 0 atom stereocenters. The zero-order valence-corrected chi connectivity index (χ0v) is 9.95. The number of likely N-dealkylation sites (tertiary alicyclic amines) is 1. The van der Waals surface area contributed by atoms with Gasteiger partial charge in [-0.1, -0.05) is 23.7 Å². The highest BCUT2D eigenvalue weighted by Crippen LogP contribution is 2.44. The summed E-state index contributed by atoms with van der Waals surface area (Å²) in [5, 5.41) is 11.0. The van der Waals surface area contributed by atoms with Gasteiger partial charge in [-0.2, -0.15) is 0 Å². The summed E-state index contributed by atoms with van der Waals surface area (Å²) in [5.41, 5.74) is 0.897. The molecule has 0 radical (unpaired) electrons. The van der Waals surface area contributed by atoms with Crippen molar-refractivity contribution in [2.75, 3.05) is 13.1 Å². The van der Waals surface area contributed by atoms with Gasteiger partial charge in [-0.3, -0.25) is 4.90 Å². The average molecular weight is 238 g/mol. The number of rotatable bonds is 3. The van der Waals surface area contributed by atoms with Crippen LogP contribution in [0.3, 0.4) is 0 Å². The molecule has 0 bridgehead atoms. The first-order chi connectivity index (χ1) is 7.66. The fourth-order valence-corrected chi connectivity index (χ4v) is 2.69. The molecule has 3 rings (SSSR count). The molecule has 86 valence electrons. The van der Waals surface area contributed by atoms with Gasteiger partial charge < -0.3 is 5.11 Å². The van der Waals surface area contributed by atoms with Gasteiger partial charge in [0.2, 0.25) is 0 Å². The van der Waals surface area contributed by atoms with Crippen LogP contribution in [-0.4, -0.2) is 28.7 Å². The van der Waals surface area contributed by atoms with Crippen LogP contribution >= 0.6 is 11.6 Å². The van der Waals surface area contributed by atoms with Gasteiger partial charge in [0.1, 0.15) is 0 Å². The Bertz CT molecular complexity index is 379. The van der Waals surface area contributed by atoms with Gasteiger partial charge in [-0.05, 0) is 36.5 Å². The van der Waals surface area contributed by atoms with E-state index in [1.165, 1.54) is 18.4 Å². The zero-order chi connectivity index (χ0) is 11.2. The number of hydrogen-bond acceptors (Lipinski definition) is 2. The van der Waals surface area contributed by atoms with Crippen molar-refractivity contribution in [3.05, 3.63) is 34.9 Å². The molecule has 1 saturated heterocycles. The predicted molar refractivity (Wildman–Crippen MR) is 64.4 cm³/mol. The van der Waals surface area contributed by atoms with Crippen LogP contribution < -0.4 is 0 Å². The van der Waals surface area contributed by atoms with E-state index in [4.69, 9.17) is 11.6 Å². The largest absolute Gasteiger partial charge is 0.387 e. The van der Waals surface area contributed by atoms with Crippen molar-refractivity contribution in [1.29, 1.82) is 0 Å². The molecule has 1 N–H and O–H groups in total. The quantitative estimate of drug-likeness (QED) is 0.872. The van der Waals surface area contributed by atoms with Gasteiger partial charge in [0.25, 0.3) is 0 Å². The Morgan fingerprint density at radius 3 is 2.44 bits per heavy atom. The van der Waals surface area contributed by atoms with Crippen LogP contribution in [0.25, 0.3) is 0 Å². The number of nitrogens with zero attached hydrogens (tertiary/aromatic N) is 1. The van der Waals surface area contributed by atoms with Gasteiger partial charge in [0.05, 0.1) is 5.60 Å². The molecule has 1 aliphatic heterocycles. The van der Waals surface area contributed by atoms with E-state index in [-0.39, 0.29) is 5.60 Å². The Kier molecular flexibility index (Phi) is 2.46. The number of hydrogen-bond donors (Lipinski definition) is 1. The minimum atomic E-state index is -0.369. The van der Waals surface area contributed by atoms with E-state index in [1.54, 1.807) is 0 Å². The highest BCUT2D eigenvalue weighted by atomic mass is 35.5. The van der Waals surface area contributed by atoms with Gasteiger partial charge in [-0.15, -0.1) is 0 Å². The summed E-state index contributed by atoms with van der Waals surface area (Å²) in [7, 11) is 0. The molecule has 0 aromatic heterocycles. The van der Waals surface area contributed by atoms with Crippen LogP contribution in [0.2, 0.25) is 5.02 Å². The SMILES string of the molecule is OC1(C2CC2)CN(Cc2ccc(Cl)cc2)C1. The molecular weight excluding hydrogens is 222 g/mol. The first-order valence-corrected chi connectivity index (χ1v) is 6.23. The molecular formula is C13H16ClNO. The molecule has 1 aliphatic carbocycles. The van der Waals surface area contributed by atoms with Crippen LogP contribution in [0, 0.1) is 5.92 Å². The standard InChI is InChI=1S/C13H16ClNO/c14-12-5-1-10(2-6-12)7-15-8-13(16,9-15)11-3-4-11/h1-2,5-6,11,16H,3-4,7-9H2. The number of β-amino-alcohol motifs (C(OH)–C–C–N with tert-alkyl or cyclic N) is 1. The molecule has 1 heterocycles. The summed E-state index contributed by atoms with van der Waals surface area (Å²) in [5.74, 6) is 0.578. The summed E-state index contributed by atoms with van der Waals surface area (Å²) in [6.07, 6.45) is 2.43. The van der Waals surface area contributed by atoms with Crippen molar-refractivity contribution >= 4 is 11.6 Å². The average Bonchev–Trinajstić information content (AvgIpc) is 3.02. The number of aliphatic hydroxyl groups is 1. The van der Waals surface area contributed by atoms with E-state index in [9.17, 15) is 5.11 Å². The Hall–Kier alpha value is -0.570. The monoisotopic (exact) mass is 237 g/mol. The lowest BCUT2D eigenvalue weighted by Crippen LogP contribution is -2.62. The van der Waals surface area contributed by atoms with Gasteiger partial charge in [0.15, 0.2) is 0 Å². The lowest BCUT2D eigenvalue weighted by Gasteiger charge is -2.47. The third kappa shape index (κ3) is 1.97. The second-order valence-corrected chi connectivity index (χ2v) is 5.59. The van der Waals surface area contributed by atoms with Crippen LogP contribution in [0.15, 0.2) is 24.3 Å². The molecule has 0 spiro atoms. The summed E-state index contributed by atoms with van der Waals surface area (Å²) in [6, 6.07) is 7.95.